The quantitative estimate of drug-likeness (QED) is 0.561. The van der Waals surface area contributed by atoms with E-state index in [0.717, 1.165) is 23.3 Å². The summed E-state index contributed by atoms with van der Waals surface area (Å²) in [5, 5.41) is 31.2. The van der Waals surface area contributed by atoms with E-state index in [1.54, 1.807) is 18.2 Å². The van der Waals surface area contributed by atoms with Crippen LogP contribution in [-0.2, 0) is 10.0 Å². The van der Waals surface area contributed by atoms with E-state index in [2.05, 4.69) is 5.32 Å². The Kier molecular flexibility index (Phi) is 5.72. The highest BCUT2D eigenvalue weighted by molar-refractivity contribution is 7.89. The fourth-order valence-electron chi connectivity index (χ4n) is 3.27. The zero-order chi connectivity index (χ0) is 21.3. The maximum Gasteiger partial charge on any atom is 0.251 e. The molecule has 2 aromatic carbocycles. The van der Waals surface area contributed by atoms with Crippen LogP contribution in [0.25, 0.3) is 0 Å². The van der Waals surface area contributed by atoms with Crippen molar-refractivity contribution in [3.05, 3.63) is 47.0 Å². The third kappa shape index (κ3) is 4.30. The zero-order valence-electron chi connectivity index (χ0n) is 16.2. The number of aromatic hydroxyl groups is 3. The van der Waals surface area contributed by atoms with Crippen molar-refractivity contribution in [3.63, 3.8) is 0 Å². The number of sulfonamides is 1. The number of hydrogen-bond donors (Lipinski definition) is 4. The van der Waals surface area contributed by atoms with Gasteiger partial charge in [-0.05, 0) is 62.1 Å². The molecule has 4 N–H and O–H groups in total. The van der Waals surface area contributed by atoms with Gasteiger partial charge < -0.3 is 20.6 Å². The summed E-state index contributed by atoms with van der Waals surface area (Å²) in [4.78, 5) is 12.6. The molecule has 0 aromatic heterocycles. The molecule has 3 rings (SSSR count). The van der Waals surface area contributed by atoms with Crippen LogP contribution in [0.1, 0.15) is 34.3 Å². The van der Waals surface area contributed by atoms with Gasteiger partial charge in [-0.25, -0.2) is 8.42 Å². The van der Waals surface area contributed by atoms with E-state index >= 15 is 0 Å². The van der Waals surface area contributed by atoms with Crippen LogP contribution in [0, 0.1) is 13.8 Å². The second-order valence-electron chi connectivity index (χ2n) is 7.26. The molecule has 0 unspecified atom stereocenters. The van der Waals surface area contributed by atoms with Crippen LogP contribution in [-0.4, -0.2) is 53.1 Å². The molecule has 0 saturated carbocycles. The van der Waals surface area contributed by atoms with E-state index in [4.69, 9.17) is 0 Å². The number of nitrogens with one attached hydrogen (secondary N) is 1. The number of benzene rings is 2. The average Bonchev–Trinajstić information content (AvgIpc) is 2.68. The summed E-state index contributed by atoms with van der Waals surface area (Å²) < 4.78 is 27.1. The van der Waals surface area contributed by atoms with E-state index in [0.29, 0.717) is 12.8 Å². The van der Waals surface area contributed by atoms with Crippen LogP contribution >= 0.6 is 0 Å². The lowest BCUT2D eigenvalue weighted by Gasteiger charge is -2.31. The number of carbonyl (C=O) groups excluding carboxylic acids is 1. The van der Waals surface area contributed by atoms with E-state index < -0.39 is 33.2 Å². The van der Waals surface area contributed by atoms with E-state index in [1.165, 1.54) is 4.31 Å². The minimum Gasteiger partial charge on any atom is -0.504 e. The third-order valence-corrected chi connectivity index (χ3v) is 7.13. The molecule has 8 nitrogen and oxygen atoms in total. The number of phenols is 3. The summed E-state index contributed by atoms with van der Waals surface area (Å²) in [5.74, 6) is -2.40. The largest absolute Gasteiger partial charge is 0.504 e. The summed E-state index contributed by atoms with van der Waals surface area (Å²) >= 11 is 0. The van der Waals surface area contributed by atoms with E-state index in [1.807, 2.05) is 13.8 Å². The predicted octanol–water partition coefficient (Wildman–Crippen LogP) is 2.00. The molecule has 0 spiro atoms. The maximum atomic E-state index is 12.9. The molecule has 29 heavy (non-hydrogen) atoms. The van der Waals surface area contributed by atoms with Gasteiger partial charge in [0.05, 0.1) is 4.90 Å². The highest BCUT2D eigenvalue weighted by Crippen LogP contribution is 2.35. The van der Waals surface area contributed by atoms with Crippen molar-refractivity contribution in [2.75, 3.05) is 13.1 Å². The van der Waals surface area contributed by atoms with Crippen molar-refractivity contribution in [1.82, 2.24) is 9.62 Å². The Bertz CT molecular complexity index is 1020. The molecule has 0 radical (unpaired) electrons. The van der Waals surface area contributed by atoms with Crippen molar-refractivity contribution < 1.29 is 28.5 Å². The van der Waals surface area contributed by atoms with Crippen molar-refractivity contribution in [2.24, 2.45) is 0 Å². The smallest absolute Gasteiger partial charge is 0.251 e. The molecular formula is C20H24N2O6S. The van der Waals surface area contributed by atoms with Gasteiger partial charge in [0.15, 0.2) is 17.2 Å². The second kappa shape index (κ2) is 7.92. The molecule has 1 heterocycles. The number of nitrogens with zero attached hydrogens (tertiary/aromatic N) is 1. The average molecular weight is 420 g/mol. The third-order valence-electron chi connectivity index (χ3n) is 5.24. The summed E-state index contributed by atoms with van der Waals surface area (Å²) in [6.07, 6.45) is 0.873. The monoisotopic (exact) mass is 420 g/mol. The number of rotatable bonds is 4. The molecule has 1 saturated heterocycles. The minimum atomic E-state index is -3.59. The second-order valence-corrected chi connectivity index (χ2v) is 9.20. The lowest BCUT2D eigenvalue weighted by atomic mass is 10.1. The lowest BCUT2D eigenvalue weighted by molar-refractivity contribution is 0.0923. The number of phenolic OH excluding ortho intramolecular Hbond substituents is 3. The van der Waals surface area contributed by atoms with Gasteiger partial charge in [-0.2, -0.15) is 4.31 Å². The van der Waals surface area contributed by atoms with Crippen LogP contribution in [0.5, 0.6) is 17.2 Å². The lowest BCUT2D eigenvalue weighted by Crippen LogP contribution is -2.46. The van der Waals surface area contributed by atoms with Gasteiger partial charge in [-0.1, -0.05) is 6.07 Å². The molecular weight excluding hydrogens is 396 g/mol. The summed E-state index contributed by atoms with van der Waals surface area (Å²) in [6, 6.07) is 6.94. The van der Waals surface area contributed by atoms with Gasteiger partial charge in [0, 0.05) is 24.7 Å². The summed E-state index contributed by atoms with van der Waals surface area (Å²) in [7, 11) is -3.59. The Hall–Kier alpha value is -2.78. The molecule has 1 aliphatic rings. The Morgan fingerprint density at radius 3 is 2.14 bits per heavy atom. The highest BCUT2D eigenvalue weighted by Gasteiger charge is 2.30. The Labute approximate surface area is 169 Å². The number of amides is 1. The number of aryl methyl sites for hydroxylation is 2. The first-order chi connectivity index (χ1) is 13.6. The van der Waals surface area contributed by atoms with Crippen LogP contribution in [0.15, 0.2) is 35.2 Å². The van der Waals surface area contributed by atoms with Crippen LogP contribution in [0.3, 0.4) is 0 Å². The Balaban J connectivity index is 1.64. The fourth-order valence-corrected chi connectivity index (χ4v) is 4.82. The first-order valence-electron chi connectivity index (χ1n) is 9.23. The number of piperidine rings is 1. The molecule has 0 bridgehead atoms. The number of hydrogen-bond acceptors (Lipinski definition) is 6. The first kappa shape index (κ1) is 20.9. The molecule has 2 aromatic rings. The van der Waals surface area contributed by atoms with E-state index in [9.17, 15) is 28.5 Å². The molecule has 1 amide bonds. The Morgan fingerprint density at radius 1 is 1.00 bits per heavy atom. The van der Waals surface area contributed by atoms with Gasteiger partial charge in [0.1, 0.15) is 0 Å². The fraction of sp³-hybridized carbons (Fsp3) is 0.350. The van der Waals surface area contributed by atoms with Crippen LogP contribution in [0.4, 0.5) is 0 Å². The first-order valence-corrected chi connectivity index (χ1v) is 10.7. The molecule has 1 aliphatic heterocycles. The molecule has 1 fully saturated rings. The SMILES string of the molecule is Cc1ccc(S(=O)(=O)N2CCC(NC(=O)c3cc(O)c(O)c(O)c3)CC2)cc1C. The van der Waals surface area contributed by atoms with Gasteiger partial charge in [0.2, 0.25) is 10.0 Å². The Morgan fingerprint density at radius 2 is 1.59 bits per heavy atom. The normalized spacial score (nSPS) is 15.9. The molecule has 156 valence electrons. The maximum absolute atomic E-state index is 12.9. The molecule has 9 heteroatoms. The predicted molar refractivity (Wildman–Crippen MR) is 107 cm³/mol. The summed E-state index contributed by atoms with van der Waals surface area (Å²) in [5.41, 5.74) is 1.94. The minimum absolute atomic E-state index is 0.00276. The molecule has 0 atom stereocenters. The van der Waals surface area contributed by atoms with Gasteiger partial charge in [-0.15, -0.1) is 0 Å². The van der Waals surface area contributed by atoms with Crippen molar-refractivity contribution in [3.8, 4) is 17.2 Å². The van der Waals surface area contributed by atoms with E-state index in [-0.39, 0.29) is 29.6 Å². The molecule has 0 aliphatic carbocycles. The van der Waals surface area contributed by atoms with Gasteiger partial charge >= 0.3 is 0 Å². The van der Waals surface area contributed by atoms with Crippen LogP contribution in [0.2, 0.25) is 0 Å². The zero-order valence-corrected chi connectivity index (χ0v) is 17.0. The topological polar surface area (TPSA) is 127 Å². The van der Waals surface area contributed by atoms with Crippen molar-refractivity contribution >= 4 is 15.9 Å². The van der Waals surface area contributed by atoms with Gasteiger partial charge in [0.25, 0.3) is 5.91 Å². The summed E-state index contributed by atoms with van der Waals surface area (Å²) in [6.45, 7) is 4.33. The van der Waals surface area contributed by atoms with Crippen molar-refractivity contribution in [1.29, 1.82) is 0 Å². The standard InChI is InChI=1S/C20H24N2O6S/c1-12-3-4-16(9-13(12)2)29(27,28)22-7-5-15(6-8-22)21-20(26)14-10-17(23)19(25)18(24)11-14/h3-4,9-11,15,23-25H,5-8H2,1-2H3,(H,21,26). The number of carbonyl (C=O) groups is 1. The highest BCUT2D eigenvalue weighted by atomic mass is 32.2. The van der Waals surface area contributed by atoms with Crippen molar-refractivity contribution in [2.45, 2.75) is 37.6 Å². The van der Waals surface area contributed by atoms with Crippen LogP contribution < -0.4 is 5.32 Å². The van der Waals surface area contributed by atoms with Gasteiger partial charge in [-0.3, -0.25) is 4.79 Å².